The number of aromatic amines is 1. The van der Waals surface area contributed by atoms with Gasteiger partial charge in [0.05, 0.1) is 11.4 Å². The number of fused-ring (bicyclic) bond motifs is 2. The molecule has 1 aromatic carbocycles. The van der Waals surface area contributed by atoms with Crippen molar-refractivity contribution < 1.29 is 0 Å². The van der Waals surface area contributed by atoms with Crippen molar-refractivity contribution in [1.82, 2.24) is 9.97 Å². The quantitative estimate of drug-likeness (QED) is 0.761. The second kappa shape index (κ2) is 5.30. The third-order valence-electron chi connectivity index (χ3n) is 4.00. The van der Waals surface area contributed by atoms with E-state index in [0.717, 1.165) is 47.6 Å². The standard InChI is InChI=1S/C18H18N4/c1-2-8-19-17-11-14(13-7-9-20-18(13)22-17)16-10-12-5-3-4-6-15(12)21-16/h3-7,9,11H,2,8,10H2,1H3,(H2,19,20,22). The van der Waals surface area contributed by atoms with E-state index in [1.54, 1.807) is 0 Å². The maximum absolute atomic E-state index is 4.82. The normalized spacial score (nSPS) is 13.2. The fourth-order valence-corrected chi connectivity index (χ4v) is 2.91. The maximum Gasteiger partial charge on any atom is 0.140 e. The molecule has 4 nitrogen and oxygen atoms in total. The first-order valence-corrected chi connectivity index (χ1v) is 7.73. The van der Waals surface area contributed by atoms with Gasteiger partial charge in [-0.2, -0.15) is 0 Å². The number of nitrogens with one attached hydrogen (secondary N) is 2. The summed E-state index contributed by atoms with van der Waals surface area (Å²) in [7, 11) is 0. The Morgan fingerprint density at radius 3 is 3.00 bits per heavy atom. The van der Waals surface area contributed by atoms with Crippen molar-refractivity contribution >= 4 is 28.3 Å². The first-order valence-electron chi connectivity index (χ1n) is 7.73. The number of rotatable bonds is 4. The second-order valence-corrected chi connectivity index (χ2v) is 5.59. The monoisotopic (exact) mass is 290 g/mol. The Morgan fingerprint density at radius 1 is 1.23 bits per heavy atom. The molecule has 0 saturated heterocycles. The molecule has 1 aliphatic heterocycles. The summed E-state index contributed by atoms with van der Waals surface area (Å²) in [5, 5.41) is 4.51. The van der Waals surface area contributed by atoms with E-state index in [1.807, 2.05) is 12.3 Å². The van der Waals surface area contributed by atoms with Crippen molar-refractivity contribution in [2.24, 2.45) is 4.99 Å². The number of hydrogen-bond acceptors (Lipinski definition) is 3. The van der Waals surface area contributed by atoms with E-state index in [4.69, 9.17) is 4.99 Å². The number of aromatic nitrogens is 2. The van der Waals surface area contributed by atoms with E-state index in [9.17, 15) is 0 Å². The molecule has 3 heterocycles. The van der Waals surface area contributed by atoms with Gasteiger partial charge in [0.2, 0.25) is 0 Å². The van der Waals surface area contributed by atoms with Gasteiger partial charge in [0.1, 0.15) is 11.5 Å². The first kappa shape index (κ1) is 13.1. The van der Waals surface area contributed by atoms with Gasteiger partial charge in [-0.05, 0) is 30.2 Å². The number of pyridine rings is 1. The van der Waals surface area contributed by atoms with Gasteiger partial charge in [0.15, 0.2) is 0 Å². The molecule has 4 rings (SSSR count). The molecule has 0 spiro atoms. The highest BCUT2D eigenvalue weighted by atomic mass is 15.0. The van der Waals surface area contributed by atoms with E-state index in [-0.39, 0.29) is 0 Å². The summed E-state index contributed by atoms with van der Waals surface area (Å²) in [6, 6.07) is 12.5. The largest absolute Gasteiger partial charge is 0.370 e. The molecule has 1 aliphatic rings. The average Bonchev–Trinajstić information content (AvgIpc) is 3.18. The van der Waals surface area contributed by atoms with Crippen LogP contribution in [-0.4, -0.2) is 22.2 Å². The van der Waals surface area contributed by atoms with Gasteiger partial charge >= 0.3 is 0 Å². The summed E-state index contributed by atoms with van der Waals surface area (Å²) < 4.78 is 0. The van der Waals surface area contributed by atoms with Crippen LogP contribution < -0.4 is 5.32 Å². The van der Waals surface area contributed by atoms with Gasteiger partial charge in [-0.1, -0.05) is 25.1 Å². The Bertz CT molecular complexity index is 860. The third-order valence-corrected chi connectivity index (χ3v) is 4.00. The molecule has 110 valence electrons. The van der Waals surface area contributed by atoms with Crippen molar-refractivity contribution in [1.29, 1.82) is 0 Å². The van der Waals surface area contributed by atoms with E-state index in [2.05, 4.69) is 52.5 Å². The summed E-state index contributed by atoms with van der Waals surface area (Å²) in [5.41, 5.74) is 5.57. The molecule has 0 unspecified atom stereocenters. The lowest BCUT2D eigenvalue weighted by atomic mass is 10.0. The topological polar surface area (TPSA) is 53.1 Å². The molecule has 0 bridgehead atoms. The van der Waals surface area contributed by atoms with E-state index < -0.39 is 0 Å². The zero-order valence-electron chi connectivity index (χ0n) is 12.6. The second-order valence-electron chi connectivity index (χ2n) is 5.59. The molecule has 0 fully saturated rings. The lowest BCUT2D eigenvalue weighted by molar-refractivity contribution is 0.971. The van der Waals surface area contributed by atoms with Crippen LogP contribution in [0, 0.1) is 0 Å². The molecule has 2 aromatic heterocycles. The van der Waals surface area contributed by atoms with Crippen molar-refractivity contribution in [2.75, 3.05) is 11.9 Å². The van der Waals surface area contributed by atoms with Crippen LogP contribution in [0.25, 0.3) is 11.0 Å². The summed E-state index contributed by atoms with van der Waals surface area (Å²) in [6.07, 6.45) is 3.90. The highest BCUT2D eigenvalue weighted by molar-refractivity contribution is 6.14. The molecule has 0 aliphatic carbocycles. The Kier molecular flexibility index (Phi) is 3.15. The predicted molar refractivity (Wildman–Crippen MR) is 91.2 cm³/mol. The van der Waals surface area contributed by atoms with Gasteiger partial charge in [0.25, 0.3) is 0 Å². The van der Waals surface area contributed by atoms with Crippen LogP contribution in [0.1, 0.15) is 24.5 Å². The van der Waals surface area contributed by atoms with Crippen LogP contribution in [0.2, 0.25) is 0 Å². The molecule has 2 N–H and O–H groups in total. The average molecular weight is 290 g/mol. The minimum atomic E-state index is 0.883. The zero-order chi connectivity index (χ0) is 14.9. The Hall–Kier alpha value is -2.62. The first-order chi connectivity index (χ1) is 10.8. The molecule has 22 heavy (non-hydrogen) atoms. The van der Waals surface area contributed by atoms with Crippen LogP contribution in [0.4, 0.5) is 11.5 Å². The highest BCUT2D eigenvalue weighted by Crippen LogP contribution is 2.31. The van der Waals surface area contributed by atoms with Crippen LogP contribution in [-0.2, 0) is 6.42 Å². The summed E-state index contributed by atoms with van der Waals surface area (Å²) in [5.74, 6) is 0.908. The summed E-state index contributed by atoms with van der Waals surface area (Å²) in [4.78, 5) is 12.7. The molecule has 3 aromatic rings. The van der Waals surface area contributed by atoms with E-state index >= 15 is 0 Å². The minimum Gasteiger partial charge on any atom is -0.370 e. The Balaban J connectivity index is 1.80. The Labute approximate surface area is 129 Å². The number of nitrogens with zero attached hydrogens (tertiary/aromatic N) is 2. The van der Waals surface area contributed by atoms with E-state index in [1.165, 1.54) is 11.1 Å². The molecule has 0 atom stereocenters. The number of H-pyrrole nitrogens is 1. The molecule has 0 saturated carbocycles. The van der Waals surface area contributed by atoms with Gasteiger partial charge in [0, 0.05) is 30.1 Å². The fraction of sp³-hybridized carbons (Fsp3) is 0.222. The fourth-order valence-electron chi connectivity index (χ4n) is 2.91. The van der Waals surface area contributed by atoms with Gasteiger partial charge in [-0.15, -0.1) is 0 Å². The number of aliphatic imine (C=N–C) groups is 1. The number of benzene rings is 1. The number of hydrogen-bond donors (Lipinski definition) is 2. The summed E-state index contributed by atoms with van der Waals surface area (Å²) >= 11 is 0. The highest BCUT2D eigenvalue weighted by Gasteiger charge is 2.18. The smallest absolute Gasteiger partial charge is 0.140 e. The molecular formula is C18H18N4. The van der Waals surface area contributed by atoms with Crippen molar-refractivity contribution in [3.63, 3.8) is 0 Å². The maximum atomic E-state index is 4.82. The third kappa shape index (κ3) is 2.17. The van der Waals surface area contributed by atoms with Crippen LogP contribution >= 0.6 is 0 Å². The number of anilines is 1. The van der Waals surface area contributed by atoms with Crippen molar-refractivity contribution in [2.45, 2.75) is 19.8 Å². The van der Waals surface area contributed by atoms with Crippen LogP contribution in [0.5, 0.6) is 0 Å². The van der Waals surface area contributed by atoms with Gasteiger partial charge in [-0.25, -0.2) is 4.98 Å². The Morgan fingerprint density at radius 2 is 2.14 bits per heavy atom. The zero-order valence-corrected chi connectivity index (χ0v) is 12.6. The molecular weight excluding hydrogens is 272 g/mol. The molecule has 0 amide bonds. The van der Waals surface area contributed by atoms with Gasteiger partial charge in [-0.3, -0.25) is 4.99 Å². The lowest BCUT2D eigenvalue weighted by Crippen LogP contribution is -2.06. The van der Waals surface area contributed by atoms with Crippen molar-refractivity contribution in [3.8, 4) is 0 Å². The summed E-state index contributed by atoms with van der Waals surface area (Å²) in [6.45, 7) is 3.07. The minimum absolute atomic E-state index is 0.883. The molecule has 0 radical (unpaired) electrons. The lowest BCUT2D eigenvalue weighted by Gasteiger charge is -2.08. The van der Waals surface area contributed by atoms with Gasteiger partial charge < -0.3 is 10.3 Å². The van der Waals surface area contributed by atoms with Crippen LogP contribution in [0.3, 0.4) is 0 Å². The van der Waals surface area contributed by atoms with Crippen LogP contribution in [0.15, 0.2) is 47.6 Å². The molecule has 4 heteroatoms. The predicted octanol–water partition coefficient (Wildman–Crippen LogP) is 4.06. The van der Waals surface area contributed by atoms with Crippen molar-refractivity contribution in [3.05, 3.63) is 53.7 Å². The number of para-hydroxylation sites is 1. The van der Waals surface area contributed by atoms with E-state index in [0.29, 0.717) is 0 Å². The SMILES string of the molecule is CCCNc1cc(C2=Nc3ccccc3C2)c2cc[nH]c2n1.